The molecule has 3 aromatic rings. The molecule has 0 atom stereocenters. The SMILES string of the molecule is CCN(c1ccccc1)c1ncnc2cc(OC)c(OC)cc12.Cl. The quantitative estimate of drug-likeness (QED) is 0.692. The zero-order valence-electron chi connectivity index (χ0n) is 13.9. The van der Waals surface area contributed by atoms with Crippen molar-refractivity contribution in [2.24, 2.45) is 0 Å². The van der Waals surface area contributed by atoms with Crippen LogP contribution in [0.5, 0.6) is 11.5 Å². The van der Waals surface area contributed by atoms with Crippen LogP contribution >= 0.6 is 12.4 Å². The van der Waals surface area contributed by atoms with Crippen LogP contribution in [-0.2, 0) is 0 Å². The van der Waals surface area contributed by atoms with Crippen LogP contribution in [0.15, 0.2) is 48.8 Å². The summed E-state index contributed by atoms with van der Waals surface area (Å²) in [7, 11) is 3.25. The van der Waals surface area contributed by atoms with Crippen LogP contribution in [0.2, 0.25) is 0 Å². The summed E-state index contributed by atoms with van der Waals surface area (Å²) >= 11 is 0. The second-order valence-electron chi connectivity index (χ2n) is 5.00. The van der Waals surface area contributed by atoms with E-state index in [-0.39, 0.29) is 12.4 Å². The van der Waals surface area contributed by atoms with Gasteiger partial charge in [-0.15, -0.1) is 12.4 Å². The molecule has 0 spiro atoms. The molecule has 0 N–H and O–H groups in total. The first-order valence-electron chi connectivity index (χ1n) is 7.47. The van der Waals surface area contributed by atoms with Gasteiger partial charge >= 0.3 is 0 Å². The molecule has 0 radical (unpaired) electrons. The number of halogens is 1. The van der Waals surface area contributed by atoms with E-state index in [1.165, 1.54) is 0 Å². The van der Waals surface area contributed by atoms with Crippen LogP contribution in [0.1, 0.15) is 6.92 Å². The summed E-state index contributed by atoms with van der Waals surface area (Å²) in [6.45, 7) is 2.90. The number of fused-ring (bicyclic) bond motifs is 1. The Labute approximate surface area is 147 Å². The van der Waals surface area contributed by atoms with E-state index in [0.29, 0.717) is 11.5 Å². The van der Waals surface area contributed by atoms with Gasteiger partial charge in [0.2, 0.25) is 0 Å². The number of benzene rings is 2. The van der Waals surface area contributed by atoms with Gasteiger partial charge < -0.3 is 14.4 Å². The fourth-order valence-electron chi connectivity index (χ4n) is 2.65. The van der Waals surface area contributed by atoms with Gasteiger partial charge in [0.25, 0.3) is 0 Å². The van der Waals surface area contributed by atoms with E-state index in [1.54, 1.807) is 20.5 Å². The normalized spacial score (nSPS) is 10.1. The van der Waals surface area contributed by atoms with Gasteiger partial charge in [-0.1, -0.05) is 18.2 Å². The molecule has 0 fully saturated rings. The van der Waals surface area contributed by atoms with Crippen molar-refractivity contribution in [3.05, 3.63) is 48.8 Å². The Kier molecular flexibility index (Phi) is 5.82. The van der Waals surface area contributed by atoms with E-state index in [0.717, 1.165) is 29.0 Å². The number of hydrogen-bond acceptors (Lipinski definition) is 5. The summed E-state index contributed by atoms with van der Waals surface area (Å²) < 4.78 is 10.8. The average Bonchev–Trinajstić information content (AvgIpc) is 2.62. The average molecular weight is 346 g/mol. The standard InChI is InChI=1S/C18H19N3O2.ClH/c1-4-21(13-8-6-5-7-9-13)18-14-10-16(22-2)17(23-3)11-15(14)19-12-20-18;/h5-12H,4H2,1-3H3;1H. The van der Waals surface area contributed by atoms with Crippen molar-refractivity contribution in [1.29, 1.82) is 0 Å². The van der Waals surface area contributed by atoms with Gasteiger partial charge in [0.05, 0.1) is 19.7 Å². The minimum atomic E-state index is 0. The van der Waals surface area contributed by atoms with Crippen LogP contribution in [0.25, 0.3) is 10.9 Å². The molecular weight excluding hydrogens is 326 g/mol. The van der Waals surface area contributed by atoms with Crippen molar-refractivity contribution >= 4 is 34.8 Å². The molecule has 0 aliphatic rings. The molecule has 1 heterocycles. The van der Waals surface area contributed by atoms with Gasteiger partial charge in [0.15, 0.2) is 11.5 Å². The predicted molar refractivity (Wildman–Crippen MR) is 99.0 cm³/mol. The molecule has 24 heavy (non-hydrogen) atoms. The van der Waals surface area contributed by atoms with Crippen molar-refractivity contribution in [2.45, 2.75) is 6.92 Å². The fraction of sp³-hybridized carbons (Fsp3) is 0.222. The maximum Gasteiger partial charge on any atom is 0.162 e. The van der Waals surface area contributed by atoms with E-state index < -0.39 is 0 Å². The van der Waals surface area contributed by atoms with Crippen LogP contribution in [-0.4, -0.2) is 30.7 Å². The third kappa shape index (κ3) is 3.21. The van der Waals surface area contributed by atoms with E-state index in [9.17, 15) is 0 Å². The van der Waals surface area contributed by atoms with Gasteiger partial charge in [-0.2, -0.15) is 0 Å². The van der Waals surface area contributed by atoms with Gasteiger partial charge in [-0.25, -0.2) is 9.97 Å². The monoisotopic (exact) mass is 345 g/mol. The zero-order chi connectivity index (χ0) is 16.2. The third-order valence-electron chi connectivity index (χ3n) is 3.76. The minimum absolute atomic E-state index is 0. The predicted octanol–water partition coefficient (Wildman–Crippen LogP) is 4.23. The number of anilines is 2. The van der Waals surface area contributed by atoms with Gasteiger partial charge in [-0.3, -0.25) is 0 Å². The Morgan fingerprint density at radius 1 is 0.958 bits per heavy atom. The van der Waals surface area contributed by atoms with Crippen LogP contribution < -0.4 is 14.4 Å². The highest BCUT2D eigenvalue weighted by molar-refractivity contribution is 5.93. The molecular formula is C18H20ClN3O2. The Bertz CT molecular complexity index is 812. The first-order valence-corrected chi connectivity index (χ1v) is 7.47. The molecule has 6 heteroatoms. The number of nitrogens with zero attached hydrogens (tertiary/aromatic N) is 3. The summed E-state index contributed by atoms with van der Waals surface area (Å²) in [6.07, 6.45) is 1.58. The second kappa shape index (κ2) is 7.84. The Balaban J connectivity index is 0.00000208. The number of aromatic nitrogens is 2. The zero-order valence-corrected chi connectivity index (χ0v) is 14.7. The molecule has 0 aliphatic carbocycles. The lowest BCUT2D eigenvalue weighted by atomic mass is 10.2. The van der Waals surface area contributed by atoms with E-state index >= 15 is 0 Å². The van der Waals surface area contributed by atoms with Crippen LogP contribution in [0.3, 0.4) is 0 Å². The van der Waals surface area contributed by atoms with Gasteiger partial charge in [-0.05, 0) is 25.1 Å². The Morgan fingerprint density at radius 3 is 2.25 bits per heavy atom. The summed E-state index contributed by atoms with van der Waals surface area (Å²) in [4.78, 5) is 11.0. The second-order valence-corrected chi connectivity index (χ2v) is 5.00. The molecule has 1 aromatic heterocycles. The number of para-hydroxylation sites is 1. The van der Waals surface area contributed by atoms with Crippen molar-refractivity contribution in [3.8, 4) is 11.5 Å². The van der Waals surface area contributed by atoms with E-state index in [1.807, 2.05) is 30.3 Å². The van der Waals surface area contributed by atoms with Crippen molar-refractivity contribution in [2.75, 3.05) is 25.7 Å². The molecule has 3 rings (SSSR count). The number of methoxy groups -OCH3 is 2. The molecule has 0 bridgehead atoms. The first-order chi connectivity index (χ1) is 11.3. The molecule has 126 valence electrons. The van der Waals surface area contributed by atoms with Crippen LogP contribution in [0.4, 0.5) is 11.5 Å². The molecule has 5 nitrogen and oxygen atoms in total. The molecule has 2 aromatic carbocycles. The fourth-order valence-corrected chi connectivity index (χ4v) is 2.65. The summed E-state index contributed by atoms with van der Waals surface area (Å²) in [5.41, 5.74) is 1.91. The molecule has 0 amide bonds. The highest BCUT2D eigenvalue weighted by Gasteiger charge is 2.15. The van der Waals surface area contributed by atoms with E-state index in [4.69, 9.17) is 9.47 Å². The largest absolute Gasteiger partial charge is 0.493 e. The Hall–Kier alpha value is -2.53. The Morgan fingerprint density at radius 2 is 1.62 bits per heavy atom. The smallest absolute Gasteiger partial charge is 0.162 e. The number of ether oxygens (including phenoxy) is 2. The lowest BCUT2D eigenvalue weighted by molar-refractivity contribution is 0.356. The maximum absolute atomic E-state index is 5.42. The topological polar surface area (TPSA) is 47.5 Å². The van der Waals surface area contributed by atoms with Crippen LogP contribution in [0, 0.1) is 0 Å². The highest BCUT2D eigenvalue weighted by Crippen LogP contribution is 2.36. The summed E-state index contributed by atoms with van der Waals surface area (Å²) in [5.74, 6) is 2.18. The third-order valence-corrected chi connectivity index (χ3v) is 3.76. The maximum atomic E-state index is 5.42. The number of hydrogen-bond donors (Lipinski definition) is 0. The van der Waals surface area contributed by atoms with Gasteiger partial charge in [0.1, 0.15) is 12.1 Å². The van der Waals surface area contributed by atoms with Crippen molar-refractivity contribution in [1.82, 2.24) is 9.97 Å². The molecule has 0 aliphatic heterocycles. The molecule has 0 saturated carbocycles. The van der Waals surface area contributed by atoms with E-state index in [2.05, 4.69) is 33.9 Å². The number of rotatable bonds is 5. The molecule has 0 saturated heterocycles. The lowest BCUT2D eigenvalue weighted by Crippen LogP contribution is -2.17. The molecule has 0 unspecified atom stereocenters. The summed E-state index contributed by atoms with van der Waals surface area (Å²) in [5, 5.41) is 0.927. The highest BCUT2D eigenvalue weighted by atomic mass is 35.5. The van der Waals surface area contributed by atoms with Gasteiger partial charge in [0, 0.05) is 23.7 Å². The summed E-state index contributed by atoms with van der Waals surface area (Å²) in [6, 6.07) is 14.0. The lowest BCUT2D eigenvalue weighted by Gasteiger charge is -2.23. The minimum Gasteiger partial charge on any atom is -0.493 e. The van der Waals surface area contributed by atoms with Crippen molar-refractivity contribution in [3.63, 3.8) is 0 Å². The van der Waals surface area contributed by atoms with Crippen molar-refractivity contribution < 1.29 is 9.47 Å². The first kappa shape index (κ1) is 17.8.